The summed E-state index contributed by atoms with van der Waals surface area (Å²) >= 11 is 3.71. The highest BCUT2D eigenvalue weighted by atomic mass is 32.1. The van der Waals surface area contributed by atoms with E-state index in [9.17, 15) is 0 Å². The molecule has 0 saturated heterocycles. The van der Waals surface area contributed by atoms with Crippen molar-refractivity contribution >= 4 is 50.5 Å². The monoisotopic (exact) mass is 851 g/mol. The van der Waals surface area contributed by atoms with Crippen molar-refractivity contribution in [1.82, 2.24) is 0 Å². The second kappa shape index (κ2) is 16.3. The highest BCUT2D eigenvalue weighted by Crippen LogP contribution is 2.51. The van der Waals surface area contributed by atoms with Crippen LogP contribution >= 0.6 is 22.7 Å². The molecule has 0 spiro atoms. The maximum Gasteiger partial charge on any atom is 0.0540 e. The summed E-state index contributed by atoms with van der Waals surface area (Å²) in [7, 11) is 0. The average Bonchev–Trinajstić information content (AvgIpc) is 4.14. The van der Waals surface area contributed by atoms with Gasteiger partial charge in [-0.3, -0.25) is 0 Å². The fraction of sp³-hybridized carbons (Fsp3) is 0.0164. The Bertz CT molecular complexity index is 3410. The molecule has 0 amide bonds. The van der Waals surface area contributed by atoms with Crippen molar-refractivity contribution in [1.29, 1.82) is 0 Å². The van der Waals surface area contributed by atoms with Crippen LogP contribution in [-0.2, 0) is 0 Å². The van der Waals surface area contributed by atoms with Crippen molar-refractivity contribution in [2.24, 2.45) is 0 Å². The molecule has 0 fully saturated rings. The number of nitrogens with zero attached hydrogens (tertiary/aromatic N) is 1. The predicted octanol–water partition coefficient (Wildman–Crippen LogP) is 17.9. The molecule has 1 nitrogen and oxygen atoms in total. The molecular weight excluding hydrogens is 811 g/mol. The first-order valence-corrected chi connectivity index (χ1v) is 23.5. The predicted molar refractivity (Wildman–Crippen MR) is 274 cm³/mol. The Morgan fingerprint density at radius 2 is 0.766 bits per heavy atom. The topological polar surface area (TPSA) is 3.24 Å². The summed E-state index contributed by atoms with van der Waals surface area (Å²) in [5.41, 5.74) is 17.5. The summed E-state index contributed by atoms with van der Waals surface area (Å²) in [6, 6.07) is 89.0. The minimum absolute atomic E-state index is 0.135. The van der Waals surface area contributed by atoms with E-state index < -0.39 is 0 Å². The van der Waals surface area contributed by atoms with Crippen molar-refractivity contribution in [3.05, 3.63) is 259 Å². The first-order chi connectivity index (χ1) is 31.7. The number of rotatable bonds is 9. The van der Waals surface area contributed by atoms with Crippen LogP contribution in [0.2, 0.25) is 0 Å². The summed E-state index contributed by atoms with van der Waals surface area (Å²) in [5.74, 6) is 0.135. The van der Waals surface area contributed by atoms with Gasteiger partial charge in [0.15, 0.2) is 0 Å². The highest BCUT2D eigenvalue weighted by molar-refractivity contribution is 7.19. The highest BCUT2D eigenvalue weighted by Gasteiger charge is 2.31. The maximum atomic E-state index is 2.44. The molecule has 3 heteroatoms. The van der Waals surface area contributed by atoms with E-state index in [1.54, 1.807) is 0 Å². The SMILES string of the molecule is c1ccc(-c2ccc(-c3ccc(C4c5ccc(-c6ccc(N(c7ccccc7)c7cccc8ccccc78)cc6)cc5-c5cc(-c6ccc(-c7ccccc7)s6)ccc54)cc3)s2)cc1. The zero-order valence-electron chi connectivity index (χ0n) is 34.9. The van der Waals surface area contributed by atoms with Gasteiger partial charge < -0.3 is 4.90 Å². The Morgan fingerprint density at radius 3 is 1.39 bits per heavy atom. The maximum absolute atomic E-state index is 2.44. The molecular formula is C61H41NS2. The second-order valence-corrected chi connectivity index (χ2v) is 18.6. The molecule has 11 aromatic rings. The molecule has 302 valence electrons. The average molecular weight is 852 g/mol. The van der Waals surface area contributed by atoms with Crippen LogP contribution in [0.1, 0.15) is 22.6 Å². The van der Waals surface area contributed by atoms with E-state index in [-0.39, 0.29) is 5.92 Å². The molecule has 1 unspecified atom stereocenters. The summed E-state index contributed by atoms with van der Waals surface area (Å²) in [6.07, 6.45) is 0. The zero-order chi connectivity index (χ0) is 42.4. The van der Waals surface area contributed by atoms with E-state index in [0.29, 0.717) is 0 Å². The Balaban J connectivity index is 0.924. The number of fused-ring (bicyclic) bond motifs is 4. The van der Waals surface area contributed by atoms with E-state index in [1.165, 1.54) is 91.5 Å². The molecule has 1 atom stereocenters. The molecule has 0 bridgehead atoms. The first kappa shape index (κ1) is 38.1. The molecule has 9 aromatic carbocycles. The summed E-state index contributed by atoms with van der Waals surface area (Å²) < 4.78 is 0. The molecule has 0 N–H and O–H groups in total. The number of anilines is 3. The minimum Gasteiger partial charge on any atom is -0.310 e. The van der Waals surface area contributed by atoms with E-state index in [2.05, 4.69) is 248 Å². The number of hydrogen-bond donors (Lipinski definition) is 0. The van der Waals surface area contributed by atoms with Gasteiger partial charge in [-0.25, -0.2) is 0 Å². The lowest BCUT2D eigenvalue weighted by molar-refractivity contribution is 1.02. The van der Waals surface area contributed by atoms with Crippen molar-refractivity contribution in [2.75, 3.05) is 4.90 Å². The fourth-order valence-corrected chi connectivity index (χ4v) is 11.5. The lowest BCUT2D eigenvalue weighted by atomic mass is 9.88. The smallest absolute Gasteiger partial charge is 0.0540 e. The van der Waals surface area contributed by atoms with Gasteiger partial charge >= 0.3 is 0 Å². The van der Waals surface area contributed by atoms with Crippen LogP contribution < -0.4 is 4.90 Å². The van der Waals surface area contributed by atoms with Gasteiger partial charge in [-0.1, -0.05) is 176 Å². The van der Waals surface area contributed by atoms with Crippen LogP contribution in [0.4, 0.5) is 17.1 Å². The largest absolute Gasteiger partial charge is 0.310 e. The van der Waals surface area contributed by atoms with E-state index >= 15 is 0 Å². The minimum atomic E-state index is 0.135. The van der Waals surface area contributed by atoms with Gasteiger partial charge in [-0.15, -0.1) is 22.7 Å². The number of benzene rings is 9. The van der Waals surface area contributed by atoms with E-state index in [0.717, 1.165) is 17.1 Å². The van der Waals surface area contributed by atoms with Gasteiger partial charge in [0.25, 0.3) is 0 Å². The Morgan fingerprint density at radius 1 is 0.312 bits per heavy atom. The van der Waals surface area contributed by atoms with Crippen LogP contribution in [0.15, 0.2) is 243 Å². The Labute approximate surface area is 382 Å². The molecule has 0 radical (unpaired) electrons. The van der Waals surface area contributed by atoms with Crippen LogP contribution in [0.5, 0.6) is 0 Å². The van der Waals surface area contributed by atoms with Crippen LogP contribution in [-0.4, -0.2) is 0 Å². The molecule has 2 aromatic heterocycles. The van der Waals surface area contributed by atoms with Crippen molar-refractivity contribution in [3.8, 4) is 64.0 Å². The quantitative estimate of drug-likeness (QED) is 0.140. The number of thiophene rings is 2. The Hall–Kier alpha value is -7.56. The van der Waals surface area contributed by atoms with Gasteiger partial charge in [0.05, 0.1) is 5.69 Å². The molecule has 12 rings (SSSR count). The Kier molecular flexibility index (Phi) is 9.71. The number of hydrogen-bond acceptors (Lipinski definition) is 3. The molecule has 2 heterocycles. The van der Waals surface area contributed by atoms with Crippen molar-refractivity contribution < 1.29 is 0 Å². The van der Waals surface area contributed by atoms with Gasteiger partial charge in [-0.2, -0.15) is 0 Å². The van der Waals surface area contributed by atoms with Crippen LogP contribution in [0.3, 0.4) is 0 Å². The zero-order valence-corrected chi connectivity index (χ0v) is 36.6. The fourth-order valence-electron chi connectivity index (χ4n) is 9.49. The van der Waals surface area contributed by atoms with E-state index in [4.69, 9.17) is 0 Å². The van der Waals surface area contributed by atoms with Gasteiger partial charge in [0.1, 0.15) is 0 Å². The lowest BCUT2D eigenvalue weighted by Crippen LogP contribution is -2.10. The van der Waals surface area contributed by atoms with Gasteiger partial charge in [0, 0.05) is 42.2 Å². The van der Waals surface area contributed by atoms with Gasteiger partial charge in [-0.05, 0) is 133 Å². The second-order valence-electron chi connectivity index (χ2n) is 16.4. The number of para-hydroxylation sites is 1. The third-order valence-corrected chi connectivity index (χ3v) is 15.0. The molecule has 0 saturated carbocycles. The molecule has 64 heavy (non-hydrogen) atoms. The summed E-state index contributed by atoms with van der Waals surface area (Å²) in [5, 5.41) is 2.45. The van der Waals surface area contributed by atoms with Crippen LogP contribution in [0, 0.1) is 0 Å². The lowest BCUT2D eigenvalue weighted by Gasteiger charge is -2.27. The van der Waals surface area contributed by atoms with E-state index in [1.807, 2.05) is 22.7 Å². The third-order valence-electron chi connectivity index (χ3n) is 12.6. The van der Waals surface area contributed by atoms with Crippen LogP contribution in [0.25, 0.3) is 74.8 Å². The third kappa shape index (κ3) is 6.96. The standard InChI is InChI=1S/C61H41NS2/c1-4-14-43(15-5-1)57-35-36-59(63-57)45-23-25-46(26-24-45)61-52-33-29-47(39-54(52)55-40-48(30-34-53(55)61)60-38-37-58(64-60)44-16-6-2-7-17-44)41-27-31-50(32-28-41)62(49-19-8-3-9-20-49)56-22-12-18-42-13-10-11-21-51(42)56/h1-40,61H. The first-order valence-electron chi connectivity index (χ1n) is 21.8. The summed E-state index contributed by atoms with van der Waals surface area (Å²) in [6.45, 7) is 0. The van der Waals surface area contributed by atoms with Gasteiger partial charge in [0.2, 0.25) is 0 Å². The normalized spacial score (nSPS) is 12.8. The molecule has 0 aliphatic heterocycles. The summed E-state index contributed by atoms with van der Waals surface area (Å²) in [4.78, 5) is 7.51. The van der Waals surface area contributed by atoms with Crippen molar-refractivity contribution in [3.63, 3.8) is 0 Å². The molecule has 1 aliphatic rings. The molecule has 1 aliphatic carbocycles. The van der Waals surface area contributed by atoms with Crippen molar-refractivity contribution in [2.45, 2.75) is 5.92 Å².